The molecule has 2 aromatic rings. The van der Waals surface area contributed by atoms with Gasteiger partial charge in [0.2, 0.25) is 0 Å². The Hall–Kier alpha value is -3.26. The largest absolute Gasteiger partial charge is 0.282 e. The molecule has 0 bridgehead atoms. The van der Waals surface area contributed by atoms with Crippen molar-refractivity contribution in [2.24, 2.45) is 5.10 Å². The predicted molar refractivity (Wildman–Crippen MR) is 75.7 cm³/mol. The summed E-state index contributed by atoms with van der Waals surface area (Å²) in [4.78, 5) is 24.2. The molecule has 0 unspecified atom stereocenters. The highest BCUT2D eigenvalue weighted by atomic mass is 16.2. The highest BCUT2D eigenvalue weighted by molar-refractivity contribution is 6.21. The van der Waals surface area contributed by atoms with E-state index in [1.54, 1.807) is 48.5 Å². The van der Waals surface area contributed by atoms with Gasteiger partial charge in [-0.2, -0.15) is 15.4 Å². The predicted octanol–water partition coefficient (Wildman–Crippen LogP) is 2.19. The first kappa shape index (κ1) is 12.8. The lowest BCUT2D eigenvalue weighted by atomic mass is 10.1. The van der Waals surface area contributed by atoms with E-state index < -0.39 is 11.8 Å². The monoisotopic (exact) mass is 275 g/mol. The second-order valence-electron chi connectivity index (χ2n) is 4.45. The molecule has 0 atom stereocenters. The van der Waals surface area contributed by atoms with Crippen LogP contribution in [-0.2, 0) is 0 Å². The van der Waals surface area contributed by atoms with E-state index in [2.05, 4.69) is 5.10 Å². The summed E-state index contributed by atoms with van der Waals surface area (Å²) in [7, 11) is 0. The Morgan fingerprint density at radius 2 is 1.52 bits per heavy atom. The summed E-state index contributed by atoms with van der Waals surface area (Å²) in [6.45, 7) is 0. The van der Waals surface area contributed by atoms with Gasteiger partial charge in [-0.1, -0.05) is 24.3 Å². The molecule has 1 aliphatic rings. The molecule has 0 N–H and O–H groups in total. The van der Waals surface area contributed by atoms with Crippen LogP contribution in [0.5, 0.6) is 0 Å². The van der Waals surface area contributed by atoms with E-state index in [-0.39, 0.29) is 0 Å². The van der Waals surface area contributed by atoms with Crippen molar-refractivity contribution in [2.45, 2.75) is 0 Å². The molecule has 21 heavy (non-hydrogen) atoms. The van der Waals surface area contributed by atoms with Crippen LogP contribution in [0.3, 0.4) is 0 Å². The van der Waals surface area contributed by atoms with Crippen LogP contribution in [0.1, 0.15) is 31.8 Å². The van der Waals surface area contributed by atoms with Crippen molar-refractivity contribution in [3.05, 3.63) is 70.8 Å². The van der Waals surface area contributed by atoms with Gasteiger partial charge in [0.25, 0.3) is 11.8 Å². The number of fused-ring (bicyclic) bond motifs is 1. The molecule has 2 amide bonds. The first-order valence-electron chi connectivity index (χ1n) is 6.22. The quantitative estimate of drug-likeness (QED) is 0.623. The second-order valence-corrected chi connectivity index (χ2v) is 4.45. The summed E-state index contributed by atoms with van der Waals surface area (Å²) in [5.41, 5.74) is 1.96. The topological polar surface area (TPSA) is 73.5 Å². The fourth-order valence-electron chi connectivity index (χ4n) is 2.05. The van der Waals surface area contributed by atoms with Crippen LogP contribution in [0.25, 0.3) is 0 Å². The number of amides is 2. The molecule has 0 radical (unpaired) electrons. The SMILES string of the molecule is N#Cc1ccc(C=NN2C(=O)c3ccccc3C2=O)cc1. The van der Waals surface area contributed by atoms with Crippen molar-refractivity contribution in [3.63, 3.8) is 0 Å². The van der Waals surface area contributed by atoms with Crippen molar-refractivity contribution >= 4 is 18.0 Å². The average Bonchev–Trinajstić information content (AvgIpc) is 2.78. The zero-order valence-corrected chi connectivity index (χ0v) is 10.9. The minimum Gasteiger partial charge on any atom is -0.267 e. The van der Waals surface area contributed by atoms with Gasteiger partial charge >= 0.3 is 0 Å². The summed E-state index contributed by atoms with van der Waals surface area (Å²) >= 11 is 0. The number of nitriles is 1. The highest BCUT2D eigenvalue weighted by Gasteiger charge is 2.35. The maximum atomic E-state index is 12.1. The molecule has 3 rings (SSSR count). The number of hydrogen-bond donors (Lipinski definition) is 0. The summed E-state index contributed by atoms with van der Waals surface area (Å²) in [5, 5.41) is 13.5. The van der Waals surface area contributed by atoms with Gasteiger partial charge in [0, 0.05) is 0 Å². The standard InChI is InChI=1S/C16H9N3O2/c17-9-11-5-7-12(8-6-11)10-18-19-15(20)13-3-1-2-4-14(13)16(19)21/h1-8,10H. The van der Waals surface area contributed by atoms with Gasteiger partial charge in [-0.05, 0) is 29.8 Å². The molecular formula is C16H9N3O2. The fourth-order valence-corrected chi connectivity index (χ4v) is 2.05. The summed E-state index contributed by atoms with van der Waals surface area (Å²) in [5.74, 6) is -0.860. The Bertz CT molecular complexity index is 766. The third-order valence-electron chi connectivity index (χ3n) is 3.13. The average molecular weight is 275 g/mol. The van der Waals surface area contributed by atoms with E-state index in [9.17, 15) is 9.59 Å². The molecule has 0 aromatic heterocycles. The van der Waals surface area contributed by atoms with Crippen LogP contribution in [0.2, 0.25) is 0 Å². The zero-order chi connectivity index (χ0) is 14.8. The summed E-state index contributed by atoms with van der Waals surface area (Å²) in [6.07, 6.45) is 1.42. The number of imide groups is 1. The number of nitrogens with zero attached hydrogens (tertiary/aromatic N) is 3. The third kappa shape index (κ3) is 2.19. The molecule has 100 valence electrons. The molecule has 1 aliphatic heterocycles. The first-order chi connectivity index (χ1) is 10.2. The smallest absolute Gasteiger partial charge is 0.267 e. The Morgan fingerprint density at radius 3 is 2.05 bits per heavy atom. The lowest BCUT2D eigenvalue weighted by molar-refractivity contribution is 0.0660. The number of hydrazone groups is 1. The summed E-state index contributed by atoms with van der Waals surface area (Å²) < 4.78 is 0. The molecule has 5 nitrogen and oxygen atoms in total. The van der Waals surface area contributed by atoms with Crippen molar-refractivity contribution in [2.75, 3.05) is 0 Å². The van der Waals surface area contributed by atoms with Crippen LogP contribution >= 0.6 is 0 Å². The zero-order valence-electron chi connectivity index (χ0n) is 10.9. The minimum atomic E-state index is -0.430. The van der Waals surface area contributed by atoms with Gasteiger partial charge in [0.1, 0.15) is 0 Å². The Labute approximate surface area is 120 Å². The molecule has 2 aromatic carbocycles. The van der Waals surface area contributed by atoms with Crippen molar-refractivity contribution in [1.82, 2.24) is 5.01 Å². The van der Waals surface area contributed by atoms with Gasteiger partial charge in [-0.3, -0.25) is 9.59 Å². The third-order valence-corrected chi connectivity index (χ3v) is 3.13. The number of rotatable bonds is 2. The van der Waals surface area contributed by atoms with Crippen LogP contribution in [0.4, 0.5) is 0 Å². The number of carbonyl (C=O) groups is 2. The Morgan fingerprint density at radius 1 is 0.952 bits per heavy atom. The minimum absolute atomic E-state index is 0.361. The molecular weight excluding hydrogens is 266 g/mol. The second kappa shape index (κ2) is 5.02. The van der Waals surface area contributed by atoms with Crippen molar-refractivity contribution in [3.8, 4) is 6.07 Å². The molecule has 5 heteroatoms. The maximum Gasteiger partial charge on any atom is 0.282 e. The van der Waals surface area contributed by atoms with E-state index >= 15 is 0 Å². The molecule has 1 heterocycles. The van der Waals surface area contributed by atoms with Gasteiger partial charge in [-0.15, -0.1) is 0 Å². The van der Waals surface area contributed by atoms with Crippen LogP contribution in [0, 0.1) is 11.3 Å². The van der Waals surface area contributed by atoms with Gasteiger partial charge in [0.05, 0.1) is 29.0 Å². The number of hydrogen-bond acceptors (Lipinski definition) is 4. The lowest BCUT2D eigenvalue weighted by Crippen LogP contribution is -2.23. The van der Waals surface area contributed by atoms with E-state index in [1.807, 2.05) is 6.07 Å². The van der Waals surface area contributed by atoms with Gasteiger partial charge in [-0.25, -0.2) is 0 Å². The van der Waals surface area contributed by atoms with E-state index in [1.165, 1.54) is 6.21 Å². The van der Waals surface area contributed by atoms with Crippen molar-refractivity contribution < 1.29 is 9.59 Å². The number of carbonyl (C=O) groups excluding carboxylic acids is 2. The fraction of sp³-hybridized carbons (Fsp3) is 0. The highest BCUT2D eigenvalue weighted by Crippen LogP contribution is 2.22. The number of benzene rings is 2. The van der Waals surface area contributed by atoms with Crippen LogP contribution in [-0.4, -0.2) is 23.0 Å². The van der Waals surface area contributed by atoms with Crippen molar-refractivity contribution in [1.29, 1.82) is 5.26 Å². The first-order valence-corrected chi connectivity index (χ1v) is 6.22. The molecule has 0 fully saturated rings. The molecule has 0 spiro atoms. The van der Waals surface area contributed by atoms with Crippen LogP contribution in [0.15, 0.2) is 53.6 Å². The van der Waals surface area contributed by atoms with Crippen LogP contribution < -0.4 is 0 Å². The van der Waals surface area contributed by atoms with E-state index in [0.717, 1.165) is 5.01 Å². The molecule has 0 aliphatic carbocycles. The normalized spacial score (nSPS) is 13.6. The summed E-state index contributed by atoms with van der Waals surface area (Å²) in [6, 6.07) is 15.3. The maximum absolute atomic E-state index is 12.1. The van der Waals surface area contributed by atoms with E-state index in [4.69, 9.17) is 5.26 Å². The molecule has 0 saturated carbocycles. The Kier molecular flexibility index (Phi) is 3.05. The lowest BCUT2D eigenvalue weighted by Gasteiger charge is -2.05. The Balaban J connectivity index is 1.86. The van der Waals surface area contributed by atoms with Gasteiger partial charge < -0.3 is 0 Å². The van der Waals surface area contributed by atoms with Gasteiger partial charge in [0.15, 0.2) is 0 Å². The van der Waals surface area contributed by atoms with E-state index in [0.29, 0.717) is 22.3 Å². The molecule has 0 saturated heterocycles.